The van der Waals surface area contributed by atoms with Crippen LogP contribution in [-0.4, -0.2) is 18.2 Å². The molecular formula is C10H7BrClNO2. The Kier molecular flexibility index (Phi) is 2.80. The second kappa shape index (κ2) is 3.94. The number of anilines is 1. The van der Waals surface area contributed by atoms with Crippen LogP contribution in [0.5, 0.6) is 0 Å². The van der Waals surface area contributed by atoms with E-state index < -0.39 is 5.91 Å². The number of nitrogens with zero attached hydrogens (tertiary/aromatic N) is 1. The van der Waals surface area contributed by atoms with E-state index in [2.05, 4.69) is 15.9 Å². The highest BCUT2D eigenvalue weighted by Crippen LogP contribution is 2.34. The van der Waals surface area contributed by atoms with Crippen molar-refractivity contribution in [1.82, 2.24) is 0 Å². The standard InChI is InChI=1S/C10H7BrClNO2/c11-9-6(12)2-1-3-7(9)13-5-4-8(14)10(13)15/h1-3H,4-5H2. The third kappa shape index (κ3) is 1.79. The van der Waals surface area contributed by atoms with Gasteiger partial charge in [-0.2, -0.15) is 0 Å². The summed E-state index contributed by atoms with van der Waals surface area (Å²) in [5.41, 5.74) is 0.651. The number of carbonyl (C=O) groups excluding carboxylic acids is 2. The molecule has 78 valence electrons. The maximum absolute atomic E-state index is 11.5. The molecule has 1 fully saturated rings. The summed E-state index contributed by atoms with van der Waals surface area (Å²) in [7, 11) is 0. The average Bonchev–Trinajstić information content (AvgIpc) is 2.53. The van der Waals surface area contributed by atoms with Gasteiger partial charge in [-0.25, -0.2) is 0 Å². The fraction of sp³-hybridized carbons (Fsp3) is 0.200. The van der Waals surface area contributed by atoms with E-state index >= 15 is 0 Å². The Hall–Kier alpha value is -0.870. The second-order valence-corrected chi connectivity index (χ2v) is 4.40. The van der Waals surface area contributed by atoms with Gasteiger partial charge in [0.15, 0.2) is 0 Å². The molecule has 1 heterocycles. The van der Waals surface area contributed by atoms with Gasteiger partial charge in [0, 0.05) is 13.0 Å². The van der Waals surface area contributed by atoms with Crippen molar-refractivity contribution in [3.63, 3.8) is 0 Å². The molecule has 1 aromatic rings. The molecule has 0 saturated carbocycles. The summed E-state index contributed by atoms with van der Waals surface area (Å²) in [5.74, 6) is -0.806. The summed E-state index contributed by atoms with van der Waals surface area (Å²) in [4.78, 5) is 24.0. The zero-order valence-electron chi connectivity index (χ0n) is 7.67. The first-order chi connectivity index (χ1) is 7.11. The molecule has 1 aromatic carbocycles. The van der Waals surface area contributed by atoms with E-state index in [1.165, 1.54) is 4.90 Å². The first-order valence-electron chi connectivity index (χ1n) is 4.40. The van der Waals surface area contributed by atoms with Crippen LogP contribution in [0.15, 0.2) is 22.7 Å². The van der Waals surface area contributed by atoms with Crippen molar-refractivity contribution in [1.29, 1.82) is 0 Å². The van der Waals surface area contributed by atoms with Crippen LogP contribution in [0.3, 0.4) is 0 Å². The van der Waals surface area contributed by atoms with Crippen LogP contribution in [0.1, 0.15) is 6.42 Å². The largest absolute Gasteiger partial charge is 0.304 e. The van der Waals surface area contributed by atoms with Gasteiger partial charge in [-0.1, -0.05) is 17.7 Å². The van der Waals surface area contributed by atoms with Gasteiger partial charge < -0.3 is 4.90 Å². The number of Topliss-reactive ketones (excluding diaryl/α,β-unsaturated/α-hetero) is 1. The van der Waals surface area contributed by atoms with Crippen molar-refractivity contribution in [3.05, 3.63) is 27.7 Å². The first-order valence-corrected chi connectivity index (χ1v) is 5.57. The number of halogens is 2. The lowest BCUT2D eigenvalue weighted by Gasteiger charge is -2.16. The molecule has 1 aliphatic heterocycles. The summed E-state index contributed by atoms with van der Waals surface area (Å²) < 4.78 is 0.648. The van der Waals surface area contributed by atoms with Gasteiger partial charge in [0.2, 0.25) is 5.78 Å². The molecule has 3 nitrogen and oxygen atoms in total. The molecule has 0 bridgehead atoms. The van der Waals surface area contributed by atoms with Crippen molar-refractivity contribution >= 4 is 44.9 Å². The SMILES string of the molecule is O=C1CCN(c2cccc(Cl)c2Br)C1=O. The zero-order valence-corrected chi connectivity index (χ0v) is 10.0. The fourth-order valence-corrected chi connectivity index (χ4v) is 2.15. The highest BCUT2D eigenvalue weighted by Gasteiger charge is 2.31. The van der Waals surface area contributed by atoms with Gasteiger partial charge in [-0.3, -0.25) is 9.59 Å². The number of carbonyl (C=O) groups is 2. The van der Waals surface area contributed by atoms with Gasteiger partial charge in [-0.05, 0) is 28.1 Å². The number of hydrogen-bond acceptors (Lipinski definition) is 2. The first kappa shape index (κ1) is 10.6. The van der Waals surface area contributed by atoms with Crippen LogP contribution >= 0.6 is 27.5 Å². The molecule has 1 amide bonds. The van der Waals surface area contributed by atoms with Crippen molar-refractivity contribution in [2.45, 2.75) is 6.42 Å². The summed E-state index contributed by atoms with van der Waals surface area (Å²) >= 11 is 9.21. The lowest BCUT2D eigenvalue weighted by atomic mass is 10.3. The minimum atomic E-state index is -0.460. The smallest absolute Gasteiger partial charge is 0.294 e. The summed E-state index contributed by atoms with van der Waals surface area (Å²) in [6.45, 7) is 0.427. The Labute approximate surface area is 100 Å². The van der Waals surface area contributed by atoms with Crippen LogP contribution in [0.2, 0.25) is 5.02 Å². The predicted molar refractivity (Wildman–Crippen MR) is 61.1 cm³/mol. The molecular weight excluding hydrogens is 281 g/mol. The molecule has 5 heteroatoms. The van der Waals surface area contributed by atoms with Crippen LogP contribution in [0, 0.1) is 0 Å². The molecule has 0 aliphatic carbocycles. The van der Waals surface area contributed by atoms with E-state index in [0.717, 1.165) is 0 Å². The quantitative estimate of drug-likeness (QED) is 0.744. The molecule has 0 N–H and O–H groups in total. The van der Waals surface area contributed by atoms with Gasteiger partial charge in [0.1, 0.15) is 0 Å². The predicted octanol–water partition coefficient (Wildman–Crippen LogP) is 2.41. The summed E-state index contributed by atoms with van der Waals surface area (Å²) in [5, 5.41) is 0.527. The highest BCUT2D eigenvalue weighted by atomic mass is 79.9. The number of amides is 1. The number of hydrogen-bond donors (Lipinski definition) is 0. The molecule has 0 atom stereocenters. The minimum Gasteiger partial charge on any atom is -0.304 e. The molecule has 1 aliphatic rings. The third-order valence-corrected chi connectivity index (χ3v) is 3.64. The maximum atomic E-state index is 11.5. The maximum Gasteiger partial charge on any atom is 0.294 e. The lowest BCUT2D eigenvalue weighted by Crippen LogP contribution is -2.27. The Bertz CT molecular complexity index is 447. The van der Waals surface area contributed by atoms with Crippen LogP contribution in [0.4, 0.5) is 5.69 Å². The van der Waals surface area contributed by atoms with Crippen molar-refractivity contribution in [3.8, 4) is 0 Å². The average molecular weight is 289 g/mol. The summed E-state index contributed by atoms with van der Waals surface area (Å²) in [6.07, 6.45) is 0.276. The molecule has 15 heavy (non-hydrogen) atoms. The summed E-state index contributed by atoms with van der Waals surface area (Å²) in [6, 6.07) is 5.22. The van der Waals surface area contributed by atoms with E-state index in [1.54, 1.807) is 18.2 Å². The topological polar surface area (TPSA) is 37.4 Å². The molecule has 0 radical (unpaired) electrons. The number of rotatable bonds is 1. The third-order valence-electron chi connectivity index (χ3n) is 2.27. The van der Waals surface area contributed by atoms with E-state index in [-0.39, 0.29) is 12.2 Å². The van der Waals surface area contributed by atoms with E-state index in [9.17, 15) is 9.59 Å². The van der Waals surface area contributed by atoms with Gasteiger partial charge >= 0.3 is 0 Å². The van der Waals surface area contributed by atoms with Crippen molar-refractivity contribution < 1.29 is 9.59 Å². The highest BCUT2D eigenvalue weighted by molar-refractivity contribution is 9.10. The number of ketones is 1. The van der Waals surface area contributed by atoms with Crippen LogP contribution < -0.4 is 4.90 Å². The molecule has 0 spiro atoms. The fourth-order valence-electron chi connectivity index (χ4n) is 1.50. The number of benzene rings is 1. The van der Waals surface area contributed by atoms with Gasteiger partial charge in [0.25, 0.3) is 5.91 Å². The normalized spacial score (nSPS) is 16.3. The van der Waals surface area contributed by atoms with Gasteiger partial charge in [0.05, 0.1) is 15.2 Å². The second-order valence-electron chi connectivity index (χ2n) is 3.20. The molecule has 2 rings (SSSR count). The molecule has 0 unspecified atom stereocenters. The Balaban J connectivity index is 2.43. The van der Waals surface area contributed by atoms with Crippen LogP contribution in [-0.2, 0) is 9.59 Å². The Morgan fingerprint density at radius 2 is 2.07 bits per heavy atom. The van der Waals surface area contributed by atoms with E-state index in [1.807, 2.05) is 0 Å². The Morgan fingerprint density at radius 1 is 1.33 bits per heavy atom. The van der Waals surface area contributed by atoms with E-state index in [4.69, 9.17) is 11.6 Å². The molecule has 1 saturated heterocycles. The minimum absolute atomic E-state index is 0.276. The van der Waals surface area contributed by atoms with E-state index in [0.29, 0.717) is 21.7 Å². The zero-order chi connectivity index (χ0) is 11.0. The van der Waals surface area contributed by atoms with Gasteiger partial charge in [-0.15, -0.1) is 0 Å². The molecule has 0 aromatic heterocycles. The lowest BCUT2D eigenvalue weighted by molar-refractivity contribution is -0.133. The van der Waals surface area contributed by atoms with Crippen molar-refractivity contribution in [2.24, 2.45) is 0 Å². The van der Waals surface area contributed by atoms with Crippen molar-refractivity contribution in [2.75, 3.05) is 11.4 Å². The Morgan fingerprint density at radius 3 is 2.67 bits per heavy atom. The van der Waals surface area contributed by atoms with Crippen LogP contribution in [0.25, 0.3) is 0 Å². The monoisotopic (exact) mass is 287 g/mol.